The van der Waals surface area contributed by atoms with Crippen molar-refractivity contribution in [1.82, 2.24) is 9.88 Å². The van der Waals surface area contributed by atoms with E-state index in [-0.39, 0.29) is 17.9 Å². The van der Waals surface area contributed by atoms with Crippen molar-refractivity contribution in [2.45, 2.75) is 20.4 Å². The first kappa shape index (κ1) is 23.1. The number of nitrogens with zero attached hydrogens (tertiary/aromatic N) is 2. The molecule has 1 aliphatic rings. The molecule has 0 radical (unpaired) electrons. The van der Waals surface area contributed by atoms with Crippen molar-refractivity contribution in [2.75, 3.05) is 18.5 Å². The second-order valence-electron chi connectivity index (χ2n) is 7.42. The van der Waals surface area contributed by atoms with Crippen molar-refractivity contribution in [3.63, 3.8) is 0 Å². The summed E-state index contributed by atoms with van der Waals surface area (Å²) in [6.07, 6.45) is 0. The molecule has 0 fully saturated rings. The Bertz CT molecular complexity index is 1250. The second kappa shape index (κ2) is 9.84. The molecular weight excluding hydrogens is 458 g/mol. The normalized spacial score (nSPS) is 12.5. The summed E-state index contributed by atoms with van der Waals surface area (Å²) in [6.45, 7) is 3.35. The van der Waals surface area contributed by atoms with Crippen molar-refractivity contribution in [2.24, 2.45) is 0 Å². The van der Waals surface area contributed by atoms with Crippen molar-refractivity contribution in [3.05, 3.63) is 75.8 Å². The SMILES string of the molecule is CCOc1ccc(CN2C(=O)c3ccccc3C2=O)cc1C(=O)OCC(=O)Nc1nc(C)cs1. The molecule has 0 bridgehead atoms. The van der Waals surface area contributed by atoms with Crippen LogP contribution < -0.4 is 10.1 Å². The summed E-state index contributed by atoms with van der Waals surface area (Å²) in [5.41, 5.74) is 2.09. The number of anilines is 1. The zero-order chi connectivity index (χ0) is 24.2. The number of hydrogen-bond donors (Lipinski definition) is 1. The van der Waals surface area contributed by atoms with Gasteiger partial charge < -0.3 is 9.47 Å². The van der Waals surface area contributed by atoms with Crippen LogP contribution >= 0.6 is 11.3 Å². The van der Waals surface area contributed by atoms with E-state index in [1.165, 1.54) is 17.4 Å². The average Bonchev–Trinajstić information content (AvgIpc) is 3.34. The number of amides is 3. The molecular formula is C24H21N3O6S. The molecule has 174 valence electrons. The Hall–Kier alpha value is -4.05. The summed E-state index contributed by atoms with van der Waals surface area (Å²) in [4.78, 5) is 55.5. The third kappa shape index (κ3) is 4.81. The van der Waals surface area contributed by atoms with Gasteiger partial charge in [-0.1, -0.05) is 18.2 Å². The summed E-state index contributed by atoms with van der Waals surface area (Å²) in [5.74, 6) is -1.81. The quantitative estimate of drug-likeness (QED) is 0.389. The van der Waals surface area contributed by atoms with Gasteiger partial charge in [-0.25, -0.2) is 9.78 Å². The Morgan fingerprint density at radius 1 is 1.09 bits per heavy atom. The van der Waals surface area contributed by atoms with Crippen LogP contribution in [-0.4, -0.2) is 46.8 Å². The van der Waals surface area contributed by atoms with Crippen LogP contribution in [0.3, 0.4) is 0 Å². The predicted octanol–water partition coefficient (Wildman–Crippen LogP) is 3.44. The fraction of sp³-hybridized carbons (Fsp3) is 0.208. The first-order valence-corrected chi connectivity index (χ1v) is 11.4. The molecule has 1 aliphatic heterocycles. The van der Waals surface area contributed by atoms with Crippen molar-refractivity contribution >= 4 is 40.2 Å². The lowest BCUT2D eigenvalue weighted by Crippen LogP contribution is -2.29. The number of benzene rings is 2. The minimum atomic E-state index is -0.766. The van der Waals surface area contributed by atoms with Crippen molar-refractivity contribution in [1.29, 1.82) is 0 Å². The van der Waals surface area contributed by atoms with Crippen LogP contribution in [0.15, 0.2) is 47.8 Å². The largest absolute Gasteiger partial charge is 0.493 e. The molecule has 1 aromatic heterocycles. The zero-order valence-corrected chi connectivity index (χ0v) is 19.3. The Kier molecular flexibility index (Phi) is 6.69. The lowest BCUT2D eigenvalue weighted by atomic mass is 10.1. The van der Waals surface area contributed by atoms with E-state index < -0.39 is 30.3 Å². The highest BCUT2D eigenvalue weighted by atomic mass is 32.1. The number of esters is 1. The van der Waals surface area contributed by atoms with Gasteiger partial charge >= 0.3 is 5.97 Å². The maximum atomic E-state index is 12.8. The Morgan fingerprint density at radius 3 is 2.41 bits per heavy atom. The number of rotatable bonds is 8. The van der Waals surface area contributed by atoms with Gasteiger partial charge in [-0.05, 0) is 43.7 Å². The van der Waals surface area contributed by atoms with E-state index in [1.807, 2.05) is 0 Å². The molecule has 0 saturated carbocycles. The fourth-order valence-corrected chi connectivity index (χ4v) is 4.16. The molecule has 0 saturated heterocycles. The van der Waals surface area contributed by atoms with Crippen LogP contribution in [-0.2, 0) is 16.1 Å². The number of nitrogens with one attached hydrogen (secondary N) is 1. The molecule has 1 N–H and O–H groups in total. The summed E-state index contributed by atoms with van der Waals surface area (Å²) >= 11 is 1.27. The summed E-state index contributed by atoms with van der Waals surface area (Å²) < 4.78 is 10.7. The number of thiazole rings is 1. The molecule has 10 heteroatoms. The van der Waals surface area contributed by atoms with Crippen LogP contribution in [0.5, 0.6) is 5.75 Å². The first-order valence-electron chi connectivity index (χ1n) is 10.5. The zero-order valence-electron chi connectivity index (χ0n) is 18.5. The Morgan fingerprint density at radius 2 is 1.79 bits per heavy atom. The molecule has 2 heterocycles. The number of ether oxygens (including phenoxy) is 2. The van der Waals surface area contributed by atoms with Gasteiger partial charge in [0.15, 0.2) is 11.7 Å². The molecule has 9 nitrogen and oxygen atoms in total. The Labute approximate surface area is 199 Å². The van der Waals surface area contributed by atoms with E-state index in [4.69, 9.17) is 9.47 Å². The van der Waals surface area contributed by atoms with E-state index in [2.05, 4.69) is 10.3 Å². The van der Waals surface area contributed by atoms with E-state index in [0.29, 0.717) is 28.4 Å². The van der Waals surface area contributed by atoms with Gasteiger partial charge in [-0.3, -0.25) is 24.6 Å². The van der Waals surface area contributed by atoms with Crippen LogP contribution in [0.4, 0.5) is 5.13 Å². The van der Waals surface area contributed by atoms with E-state index >= 15 is 0 Å². The molecule has 0 atom stereocenters. The topological polar surface area (TPSA) is 115 Å². The minimum absolute atomic E-state index is 0.0249. The molecule has 0 aliphatic carbocycles. The standard InChI is InChI=1S/C24H21N3O6S/c1-3-32-19-9-8-15(11-27-21(29)16-6-4-5-7-17(16)22(27)30)10-18(19)23(31)33-12-20(28)26-24-25-14(2)13-34-24/h4-10,13H,3,11-12H2,1-2H3,(H,25,26,28). The summed E-state index contributed by atoms with van der Waals surface area (Å²) in [6, 6.07) is 11.4. The summed E-state index contributed by atoms with van der Waals surface area (Å²) in [7, 11) is 0. The first-order chi connectivity index (χ1) is 16.4. The second-order valence-corrected chi connectivity index (χ2v) is 8.28. The lowest BCUT2D eigenvalue weighted by molar-refractivity contribution is -0.119. The van der Waals surface area contributed by atoms with Crippen LogP contribution in [0.1, 0.15) is 49.3 Å². The molecule has 4 rings (SSSR count). The van der Waals surface area contributed by atoms with Crippen LogP contribution in [0.2, 0.25) is 0 Å². The van der Waals surface area contributed by atoms with Crippen molar-refractivity contribution in [3.8, 4) is 5.75 Å². The van der Waals surface area contributed by atoms with Gasteiger partial charge in [0.2, 0.25) is 0 Å². The Balaban J connectivity index is 1.47. The van der Waals surface area contributed by atoms with E-state index in [0.717, 1.165) is 10.6 Å². The lowest BCUT2D eigenvalue weighted by Gasteiger charge is -2.16. The molecule has 34 heavy (non-hydrogen) atoms. The van der Waals surface area contributed by atoms with E-state index in [1.54, 1.807) is 55.6 Å². The van der Waals surface area contributed by atoms with Crippen molar-refractivity contribution < 1.29 is 28.7 Å². The molecule has 3 aromatic rings. The number of hydrogen-bond acceptors (Lipinski definition) is 8. The number of aromatic nitrogens is 1. The molecule has 0 unspecified atom stereocenters. The monoisotopic (exact) mass is 479 g/mol. The predicted molar refractivity (Wildman–Crippen MR) is 124 cm³/mol. The summed E-state index contributed by atoms with van der Waals surface area (Å²) in [5, 5.41) is 4.77. The van der Waals surface area contributed by atoms with Crippen LogP contribution in [0, 0.1) is 6.92 Å². The third-order valence-corrected chi connectivity index (χ3v) is 5.86. The number of imide groups is 1. The molecule has 2 aromatic carbocycles. The van der Waals surface area contributed by atoms with Gasteiger partial charge in [-0.15, -0.1) is 11.3 Å². The highest BCUT2D eigenvalue weighted by molar-refractivity contribution is 7.13. The average molecular weight is 480 g/mol. The molecule has 3 amide bonds. The maximum absolute atomic E-state index is 12.8. The fourth-order valence-electron chi connectivity index (χ4n) is 3.46. The smallest absolute Gasteiger partial charge is 0.342 e. The number of carbonyl (C=O) groups is 4. The highest BCUT2D eigenvalue weighted by Gasteiger charge is 2.35. The van der Waals surface area contributed by atoms with Crippen LogP contribution in [0.25, 0.3) is 0 Å². The number of carbonyl (C=O) groups excluding carboxylic acids is 4. The minimum Gasteiger partial charge on any atom is -0.493 e. The highest BCUT2D eigenvalue weighted by Crippen LogP contribution is 2.27. The van der Waals surface area contributed by atoms with Gasteiger partial charge in [0.1, 0.15) is 11.3 Å². The van der Waals surface area contributed by atoms with E-state index in [9.17, 15) is 19.2 Å². The van der Waals surface area contributed by atoms with Gasteiger partial charge in [0.25, 0.3) is 17.7 Å². The number of fused-ring (bicyclic) bond motifs is 1. The maximum Gasteiger partial charge on any atom is 0.342 e. The third-order valence-electron chi connectivity index (χ3n) is 4.98. The molecule has 0 spiro atoms. The van der Waals surface area contributed by atoms with Gasteiger partial charge in [0, 0.05) is 5.38 Å². The number of aryl methyl sites for hydroxylation is 1. The van der Waals surface area contributed by atoms with Gasteiger partial charge in [-0.2, -0.15) is 0 Å². The van der Waals surface area contributed by atoms with Gasteiger partial charge in [0.05, 0.1) is 30.0 Å².